The Balaban J connectivity index is 2.65. The molecule has 0 saturated heterocycles. The summed E-state index contributed by atoms with van der Waals surface area (Å²) in [6.45, 7) is 0.766. The van der Waals surface area contributed by atoms with Crippen LogP contribution in [-0.4, -0.2) is 42.8 Å². The fourth-order valence-corrected chi connectivity index (χ4v) is 1.85. The minimum atomic E-state index is -1.53. The predicted molar refractivity (Wildman–Crippen MR) is 78.0 cm³/mol. The quantitative estimate of drug-likeness (QED) is 0.795. The number of carboxylic acid groups (broad SMARTS) is 1. The van der Waals surface area contributed by atoms with Gasteiger partial charge in [-0.25, -0.2) is 4.79 Å². The van der Waals surface area contributed by atoms with Gasteiger partial charge < -0.3 is 19.9 Å². The van der Waals surface area contributed by atoms with Crippen LogP contribution in [-0.2, 0) is 14.3 Å². The molecule has 1 aromatic carbocycles. The largest absolute Gasteiger partial charge is 0.482 e. The van der Waals surface area contributed by atoms with Crippen molar-refractivity contribution < 1.29 is 24.2 Å². The molecule has 2 N–H and O–H groups in total. The number of carbonyl (C=O) groups excluding carboxylic acids is 1. The van der Waals surface area contributed by atoms with E-state index in [1.807, 2.05) is 0 Å². The highest BCUT2D eigenvalue weighted by molar-refractivity contribution is 6.34. The lowest BCUT2D eigenvalue weighted by atomic mass is 10.0. The number of benzene rings is 1. The van der Waals surface area contributed by atoms with Gasteiger partial charge in [0.1, 0.15) is 5.75 Å². The van der Waals surface area contributed by atoms with Crippen molar-refractivity contribution >= 4 is 35.1 Å². The predicted octanol–water partition coefficient (Wildman–Crippen LogP) is 1.98. The van der Waals surface area contributed by atoms with Gasteiger partial charge in [0.2, 0.25) is 0 Å². The molecule has 0 aliphatic rings. The molecule has 8 heteroatoms. The van der Waals surface area contributed by atoms with E-state index in [2.05, 4.69) is 5.32 Å². The maximum atomic E-state index is 11.8. The molecular formula is C13H15Cl2NO5. The minimum Gasteiger partial charge on any atom is -0.482 e. The van der Waals surface area contributed by atoms with Crippen molar-refractivity contribution in [2.24, 2.45) is 0 Å². The van der Waals surface area contributed by atoms with E-state index in [9.17, 15) is 9.59 Å². The summed E-state index contributed by atoms with van der Waals surface area (Å²) >= 11 is 11.7. The molecule has 1 aromatic rings. The zero-order valence-electron chi connectivity index (χ0n) is 11.5. The number of hydrogen-bond acceptors (Lipinski definition) is 4. The van der Waals surface area contributed by atoms with Gasteiger partial charge in [-0.1, -0.05) is 23.2 Å². The normalized spacial score (nSPS) is 13.3. The van der Waals surface area contributed by atoms with Gasteiger partial charge in [0.25, 0.3) is 5.91 Å². The van der Waals surface area contributed by atoms with Crippen LogP contribution in [0.5, 0.6) is 5.75 Å². The second-order valence-electron chi connectivity index (χ2n) is 4.48. The molecule has 0 bridgehead atoms. The molecule has 0 fully saturated rings. The fraction of sp³-hybridized carbons (Fsp3) is 0.385. The number of carboxylic acids is 1. The summed E-state index contributed by atoms with van der Waals surface area (Å²) in [5.74, 6) is -1.59. The van der Waals surface area contributed by atoms with Crippen LogP contribution in [0, 0.1) is 0 Å². The molecular weight excluding hydrogens is 321 g/mol. The summed E-state index contributed by atoms with van der Waals surface area (Å²) in [5, 5.41) is 12.1. The Morgan fingerprint density at radius 1 is 1.38 bits per heavy atom. The molecule has 1 rings (SSSR count). The monoisotopic (exact) mass is 335 g/mol. The number of hydrogen-bond donors (Lipinski definition) is 2. The smallest absolute Gasteiger partial charge is 0.331 e. The average molecular weight is 336 g/mol. The summed E-state index contributed by atoms with van der Waals surface area (Å²) in [6.07, 6.45) is 0. The molecule has 0 spiro atoms. The second kappa shape index (κ2) is 7.49. The number of aliphatic carboxylic acids is 1. The van der Waals surface area contributed by atoms with Crippen molar-refractivity contribution in [3.63, 3.8) is 0 Å². The summed E-state index contributed by atoms with van der Waals surface area (Å²) < 4.78 is 10.0. The van der Waals surface area contributed by atoms with Crippen molar-refractivity contribution in [3.05, 3.63) is 28.2 Å². The van der Waals surface area contributed by atoms with Crippen molar-refractivity contribution in [2.75, 3.05) is 20.3 Å². The molecule has 0 radical (unpaired) electrons. The summed E-state index contributed by atoms with van der Waals surface area (Å²) in [5.41, 5.74) is -1.53. The van der Waals surface area contributed by atoms with Crippen molar-refractivity contribution in [1.29, 1.82) is 0 Å². The molecule has 21 heavy (non-hydrogen) atoms. The van der Waals surface area contributed by atoms with Crippen LogP contribution in [0.25, 0.3) is 0 Å². The van der Waals surface area contributed by atoms with E-state index in [0.717, 1.165) is 0 Å². The SMILES string of the molecule is COCC(C)(NC(=O)COc1cc(Cl)ccc1Cl)C(=O)O. The topological polar surface area (TPSA) is 84.9 Å². The van der Waals surface area contributed by atoms with E-state index in [-0.39, 0.29) is 12.4 Å². The van der Waals surface area contributed by atoms with Crippen LogP contribution in [0.2, 0.25) is 10.0 Å². The van der Waals surface area contributed by atoms with Crippen LogP contribution in [0.3, 0.4) is 0 Å². The Kier molecular flexibility index (Phi) is 6.26. The average Bonchev–Trinajstić information content (AvgIpc) is 2.40. The Morgan fingerprint density at radius 3 is 2.62 bits per heavy atom. The summed E-state index contributed by atoms with van der Waals surface area (Å²) in [7, 11) is 1.34. The van der Waals surface area contributed by atoms with E-state index < -0.39 is 24.0 Å². The number of methoxy groups -OCH3 is 1. The molecule has 1 amide bonds. The lowest BCUT2D eigenvalue weighted by Gasteiger charge is -2.25. The van der Waals surface area contributed by atoms with Crippen LogP contribution < -0.4 is 10.1 Å². The summed E-state index contributed by atoms with van der Waals surface area (Å²) in [4.78, 5) is 22.9. The van der Waals surface area contributed by atoms with Gasteiger partial charge in [-0.05, 0) is 19.1 Å². The van der Waals surface area contributed by atoms with E-state index in [0.29, 0.717) is 10.0 Å². The number of amides is 1. The van der Waals surface area contributed by atoms with Gasteiger partial charge in [-0.3, -0.25) is 4.79 Å². The van der Waals surface area contributed by atoms with Gasteiger partial charge in [-0.2, -0.15) is 0 Å². The maximum absolute atomic E-state index is 11.8. The fourth-order valence-electron chi connectivity index (χ4n) is 1.51. The van der Waals surface area contributed by atoms with Crippen LogP contribution in [0.15, 0.2) is 18.2 Å². The van der Waals surface area contributed by atoms with E-state index in [1.54, 1.807) is 6.07 Å². The molecule has 0 saturated carbocycles. The van der Waals surface area contributed by atoms with Gasteiger partial charge in [0.05, 0.1) is 11.6 Å². The molecule has 0 aliphatic carbocycles. The number of rotatable bonds is 7. The van der Waals surface area contributed by atoms with Crippen molar-refractivity contribution in [1.82, 2.24) is 5.32 Å². The molecule has 0 heterocycles. The molecule has 0 aromatic heterocycles. The molecule has 1 unspecified atom stereocenters. The lowest BCUT2D eigenvalue weighted by molar-refractivity contribution is -0.149. The Morgan fingerprint density at radius 2 is 2.05 bits per heavy atom. The molecule has 0 aliphatic heterocycles. The third-order valence-corrected chi connectivity index (χ3v) is 3.12. The number of nitrogens with one attached hydrogen (secondary N) is 1. The van der Waals surface area contributed by atoms with E-state index in [4.69, 9.17) is 37.8 Å². The Bertz CT molecular complexity index is 537. The first-order valence-corrected chi connectivity index (χ1v) is 6.65. The van der Waals surface area contributed by atoms with Gasteiger partial charge >= 0.3 is 5.97 Å². The maximum Gasteiger partial charge on any atom is 0.331 e. The van der Waals surface area contributed by atoms with Crippen LogP contribution >= 0.6 is 23.2 Å². The Hall–Kier alpha value is -1.50. The number of carbonyl (C=O) groups is 2. The van der Waals surface area contributed by atoms with Crippen LogP contribution in [0.4, 0.5) is 0 Å². The minimum absolute atomic E-state index is 0.175. The Labute approximate surface area is 131 Å². The first-order chi connectivity index (χ1) is 9.78. The molecule has 116 valence electrons. The zero-order chi connectivity index (χ0) is 16.0. The molecule has 6 nitrogen and oxygen atoms in total. The summed E-state index contributed by atoms with van der Waals surface area (Å²) in [6, 6.07) is 4.57. The van der Waals surface area contributed by atoms with Crippen molar-refractivity contribution in [3.8, 4) is 5.75 Å². The van der Waals surface area contributed by atoms with Crippen LogP contribution in [0.1, 0.15) is 6.92 Å². The van der Waals surface area contributed by atoms with Gasteiger partial charge in [0.15, 0.2) is 12.1 Å². The lowest BCUT2D eigenvalue weighted by Crippen LogP contribution is -2.56. The highest BCUT2D eigenvalue weighted by Gasteiger charge is 2.35. The third kappa shape index (κ3) is 5.08. The van der Waals surface area contributed by atoms with Crippen molar-refractivity contribution in [2.45, 2.75) is 12.5 Å². The van der Waals surface area contributed by atoms with Gasteiger partial charge in [0, 0.05) is 18.2 Å². The van der Waals surface area contributed by atoms with E-state index >= 15 is 0 Å². The third-order valence-electron chi connectivity index (χ3n) is 2.57. The highest BCUT2D eigenvalue weighted by Crippen LogP contribution is 2.27. The second-order valence-corrected chi connectivity index (χ2v) is 5.33. The zero-order valence-corrected chi connectivity index (χ0v) is 13.0. The standard InChI is InChI=1S/C13H15Cl2NO5/c1-13(7-20-2,12(18)19)16-11(17)6-21-10-5-8(14)3-4-9(10)15/h3-5H,6-7H2,1-2H3,(H,16,17)(H,18,19). The number of ether oxygens (including phenoxy) is 2. The number of halogens is 2. The first kappa shape index (κ1) is 17.6. The molecule has 1 atom stereocenters. The van der Waals surface area contributed by atoms with E-state index in [1.165, 1.54) is 26.2 Å². The van der Waals surface area contributed by atoms with Gasteiger partial charge in [-0.15, -0.1) is 0 Å². The highest BCUT2D eigenvalue weighted by atomic mass is 35.5. The first-order valence-electron chi connectivity index (χ1n) is 5.89.